The highest BCUT2D eigenvalue weighted by atomic mass is 16.5. The molecule has 1 N–H and O–H groups in total. The van der Waals surface area contributed by atoms with Gasteiger partial charge in [0.15, 0.2) is 11.4 Å². The molecule has 1 aliphatic rings. The van der Waals surface area contributed by atoms with Crippen molar-refractivity contribution in [1.82, 2.24) is 14.4 Å². The van der Waals surface area contributed by atoms with Crippen molar-refractivity contribution in [2.24, 2.45) is 0 Å². The summed E-state index contributed by atoms with van der Waals surface area (Å²) >= 11 is 0. The standard InChI is InChI=1S/C15H16N4O2/c1-3-11(20-7-1)9-17-15-14(12-4-2-8-21-12)18-13-10-16-5-6-19(13)15/h2,4-6,8,10-11,17H,1,3,7,9H2. The first-order chi connectivity index (χ1) is 10.4. The summed E-state index contributed by atoms with van der Waals surface area (Å²) in [5.41, 5.74) is 1.59. The van der Waals surface area contributed by atoms with Crippen LogP contribution in [0.15, 0.2) is 41.4 Å². The molecule has 1 saturated heterocycles. The molecule has 0 saturated carbocycles. The minimum absolute atomic E-state index is 0.266. The fraction of sp³-hybridized carbons (Fsp3) is 0.333. The molecule has 0 aliphatic carbocycles. The van der Waals surface area contributed by atoms with Crippen LogP contribution in [-0.4, -0.2) is 33.6 Å². The lowest BCUT2D eigenvalue weighted by atomic mass is 10.2. The summed E-state index contributed by atoms with van der Waals surface area (Å²) in [5, 5.41) is 3.45. The number of ether oxygens (including phenoxy) is 1. The SMILES string of the molecule is c1coc(-c2nc3cnccn3c2NCC2CCCO2)c1. The van der Waals surface area contributed by atoms with Crippen molar-refractivity contribution in [2.45, 2.75) is 18.9 Å². The van der Waals surface area contributed by atoms with E-state index in [4.69, 9.17) is 9.15 Å². The van der Waals surface area contributed by atoms with Crippen molar-refractivity contribution in [3.05, 3.63) is 37.0 Å². The van der Waals surface area contributed by atoms with Gasteiger partial charge in [-0.2, -0.15) is 0 Å². The summed E-state index contributed by atoms with van der Waals surface area (Å²) < 4.78 is 13.1. The number of anilines is 1. The van der Waals surface area contributed by atoms with Crippen LogP contribution in [0, 0.1) is 0 Å². The van der Waals surface area contributed by atoms with E-state index in [0.717, 1.165) is 48.9 Å². The molecule has 6 heteroatoms. The number of hydrogen-bond donors (Lipinski definition) is 1. The molecule has 21 heavy (non-hydrogen) atoms. The van der Waals surface area contributed by atoms with Crippen LogP contribution in [0.3, 0.4) is 0 Å². The second-order valence-electron chi connectivity index (χ2n) is 5.11. The van der Waals surface area contributed by atoms with Crippen LogP contribution in [-0.2, 0) is 4.74 Å². The van der Waals surface area contributed by atoms with Gasteiger partial charge in [-0.1, -0.05) is 0 Å². The molecule has 1 unspecified atom stereocenters. The maximum Gasteiger partial charge on any atom is 0.157 e. The van der Waals surface area contributed by atoms with Crippen LogP contribution >= 0.6 is 0 Å². The molecule has 1 aliphatic heterocycles. The van der Waals surface area contributed by atoms with Crippen molar-refractivity contribution in [3.8, 4) is 11.5 Å². The zero-order chi connectivity index (χ0) is 14.1. The molecule has 1 atom stereocenters. The van der Waals surface area contributed by atoms with Gasteiger partial charge in [0.2, 0.25) is 0 Å². The van der Waals surface area contributed by atoms with Gasteiger partial charge in [-0.25, -0.2) is 4.98 Å². The van der Waals surface area contributed by atoms with E-state index in [2.05, 4.69) is 15.3 Å². The molecule has 108 valence electrons. The summed E-state index contributed by atoms with van der Waals surface area (Å²) in [4.78, 5) is 8.72. The zero-order valence-corrected chi connectivity index (χ0v) is 11.5. The van der Waals surface area contributed by atoms with Crippen LogP contribution in [0.2, 0.25) is 0 Å². The van der Waals surface area contributed by atoms with Gasteiger partial charge in [-0.3, -0.25) is 9.38 Å². The molecule has 4 rings (SSSR count). The van der Waals surface area contributed by atoms with E-state index in [0.29, 0.717) is 0 Å². The maximum atomic E-state index is 5.67. The van der Waals surface area contributed by atoms with Crippen LogP contribution in [0.5, 0.6) is 0 Å². The van der Waals surface area contributed by atoms with E-state index in [1.165, 1.54) is 0 Å². The largest absolute Gasteiger partial charge is 0.463 e. The molecule has 3 aromatic heterocycles. The van der Waals surface area contributed by atoms with Crippen molar-refractivity contribution in [2.75, 3.05) is 18.5 Å². The average molecular weight is 284 g/mol. The monoisotopic (exact) mass is 284 g/mol. The summed E-state index contributed by atoms with van der Waals surface area (Å²) in [7, 11) is 0. The lowest BCUT2D eigenvalue weighted by Gasteiger charge is -2.12. The number of fused-ring (bicyclic) bond motifs is 1. The molecule has 4 heterocycles. The lowest BCUT2D eigenvalue weighted by Crippen LogP contribution is -2.19. The Morgan fingerprint density at radius 1 is 1.43 bits per heavy atom. The summed E-state index contributed by atoms with van der Waals surface area (Å²) in [6.07, 6.45) is 9.53. The molecule has 0 spiro atoms. The number of furan rings is 1. The van der Waals surface area contributed by atoms with Crippen LogP contribution in [0.1, 0.15) is 12.8 Å². The highest BCUT2D eigenvalue weighted by Crippen LogP contribution is 2.29. The smallest absolute Gasteiger partial charge is 0.157 e. The normalized spacial score (nSPS) is 18.4. The topological polar surface area (TPSA) is 64.6 Å². The molecular weight excluding hydrogens is 268 g/mol. The highest BCUT2D eigenvalue weighted by Gasteiger charge is 2.19. The molecular formula is C15H16N4O2. The highest BCUT2D eigenvalue weighted by molar-refractivity contribution is 5.73. The Morgan fingerprint density at radius 3 is 3.24 bits per heavy atom. The number of imidazole rings is 1. The second kappa shape index (κ2) is 5.21. The van der Waals surface area contributed by atoms with Crippen molar-refractivity contribution >= 4 is 11.5 Å². The van der Waals surface area contributed by atoms with Gasteiger partial charge >= 0.3 is 0 Å². The molecule has 0 bridgehead atoms. The molecule has 3 aromatic rings. The van der Waals surface area contributed by atoms with E-state index >= 15 is 0 Å². The number of nitrogens with one attached hydrogen (secondary N) is 1. The molecule has 0 amide bonds. The predicted octanol–water partition coefficient (Wildman–Crippen LogP) is 2.58. The average Bonchev–Trinajstić information content (AvgIpc) is 3.25. The maximum absolute atomic E-state index is 5.67. The minimum atomic E-state index is 0.266. The molecule has 0 aromatic carbocycles. The summed E-state index contributed by atoms with van der Waals surface area (Å²) in [6, 6.07) is 3.77. The third-order valence-corrected chi connectivity index (χ3v) is 3.71. The fourth-order valence-corrected chi connectivity index (χ4v) is 2.68. The molecule has 1 fully saturated rings. The van der Waals surface area contributed by atoms with Crippen molar-refractivity contribution in [3.63, 3.8) is 0 Å². The van der Waals surface area contributed by atoms with E-state index in [1.54, 1.807) is 18.7 Å². The van der Waals surface area contributed by atoms with Gasteiger partial charge in [0.05, 0.1) is 18.6 Å². The Bertz CT molecular complexity index is 729. The lowest BCUT2D eigenvalue weighted by molar-refractivity contribution is 0.120. The predicted molar refractivity (Wildman–Crippen MR) is 78.2 cm³/mol. The van der Waals surface area contributed by atoms with E-state index in [9.17, 15) is 0 Å². The molecule has 6 nitrogen and oxygen atoms in total. The third-order valence-electron chi connectivity index (χ3n) is 3.71. The number of hydrogen-bond acceptors (Lipinski definition) is 5. The zero-order valence-electron chi connectivity index (χ0n) is 11.5. The second-order valence-corrected chi connectivity index (χ2v) is 5.11. The quantitative estimate of drug-likeness (QED) is 0.797. The Hall–Kier alpha value is -2.34. The summed E-state index contributed by atoms with van der Waals surface area (Å²) in [5.74, 6) is 1.66. The first-order valence-corrected chi connectivity index (χ1v) is 7.13. The number of nitrogens with zero attached hydrogens (tertiary/aromatic N) is 3. The Balaban J connectivity index is 1.71. The number of aromatic nitrogens is 3. The minimum Gasteiger partial charge on any atom is -0.463 e. The first-order valence-electron chi connectivity index (χ1n) is 7.13. The van der Waals surface area contributed by atoms with Crippen LogP contribution in [0.25, 0.3) is 17.1 Å². The Kier molecular flexibility index (Phi) is 3.08. The Labute approximate surface area is 121 Å². The Morgan fingerprint density at radius 2 is 2.43 bits per heavy atom. The van der Waals surface area contributed by atoms with Crippen molar-refractivity contribution < 1.29 is 9.15 Å². The van der Waals surface area contributed by atoms with Crippen LogP contribution < -0.4 is 5.32 Å². The number of rotatable bonds is 4. The molecule has 0 radical (unpaired) electrons. The van der Waals surface area contributed by atoms with Gasteiger partial charge in [-0.15, -0.1) is 0 Å². The van der Waals surface area contributed by atoms with Crippen LogP contribution in [0.4, 0.5) is 5.82 Å². The van der Waals surface area contributed by atoms with Gasteiger partial charge in [-0.05, 0) is 25.0 Å². The van der Waals surface area contributed by atoms with E-state index < -0.39 is 0 Å². The van der Waals surface area contributed by atoms with Gasteiger partial charge in [0.1, 0.15) is 11.5 Å². The van der Waals surface area contributed by atoms with E-state index in [-0.39, 0.29) is 6.10 Å². The van der Waals surface area contributed by atoms with Gasteiger partial charge in [0.25, 0.3) is 0 Å². The van der Waals surface area contributed by atoms with Crippen molar-refractivity contribution in [1.29, 1.82) is 0 Å². The first kappa shape index (κ1) is 12.4. The third kappa shape index (κ3) is 2.27. The summed E-state index contributed by atoms with van der Waals surface area (Å²) in [6.45, 7) is 1.62. The van der Waals surface area contributed by atoms with Gasteiger partial charge in [0, 0.05) is 25.5 Å². The van der Waals surface area contributed by atoms with E-state index in [1.807, 2.05) is 22.7 Å². The van der Waals surface area contributed by atoms with Gasteiger partial charge < -0.3 is 14.5 Å². The fourth-order valence-electron chi connectivity index (χ4n) is 2.68.